The van der Waals surface area contributed by atoms with Crippen LogP contribution in [0.25, 0.3) is 0 Å². The van der Waals surface area contributed by atoms with E-state index >= 15 is 0 Å². The molecule has 0 spiro atoms. The van der Waals surface area contributed by atoms with Crippen molar-refractivity contribution in [2.45, 2.75) is 25.0 Å². The molecule has 2 rings (SSSR count). The Balaban J connectivity index is 2.33. The van der Waals surface area contributed by atoms with Gasteiger partial charge in [0.25, 0.3) is 0 Å². The van der Waals surface area contributed by atoms with Gasteiger partial charge in [0.15, 0.2) is 11.9 Å². The zero-order valence-corrected chi connectivity index (χ0v) is 8.84. The topological polar surface area (TPSA) is 63.6 Å². The van der Waals surface area contributed by atoms with Gasteiger partial charge in [0.05, 0.1) is 0 Å². The molecule has 1 heterocycles. The Morgan fingerprint density at radius 2 is 2.06 bits per heavy atom. The molecule has 1 aliphatic rings. The fourth-order valence-electron chi connectivity index (χ4n) is 1.88. The van der Waals surface area contributed by atoms with E-state index in [1.54, 1.807) is 31.2 Å². The van der Waals surface area contributed by atoms with Crippen LogP contribution in [0.5, 0.6) is 0 Å². The smallest absolute Gasteiger partial charge is 0.333 e. The predicted octanol–water partition coefficient (Wildman–Crippen LogP) is 1.34. The third-order valence-electron chi connectivity index (χ3n) is 2.88. The molecule has 1 N–H and O–H groups in total. The zero-order valence-electron chi connectivity index (χ0n) is 8.84. The highest BCUT2D eigenvalue weighted by molar-refractivity contribution is 5.94. The molecule has 1 aromatic rings. The van der Waals surface area contributed by atoms with Gasteiger partial charge in [-0.05, 0) is 12.5 Å². The molecule has 0 radical (unpaired) electrons. The van der Waals surface area contributed by atoms with Crippen molar-refractivity contribution in [3.8, 4) is 0 Å². The first kappa shape index (κ1) is 10.8. The monoisotopic (exact) mass is 220 g/mol. The van der Waals surface area contributed by atoms with E-state index in [0.29, 0.717) is 5.56 Å². The van der Waals surface area contributed by atoms with Gasteiger partial charge in [-0.2, -0.15) is 0 Å². The SMILES string of the molecule is C[C@@]1(c2ccccc2)O[C@H](C(=O)O)CC1=O. The van der Waals surface area contributed by atoms with E-state index < -0.39 is 17.7 Å². The first-order chi connectivity index (χ1) is 7.54. The number of hydrogen-bond donors (Lipinski definition) is 1. The lowest BCUT2D eigenvalue weighted by molar-refractivity contribution is -0.155. The number of benzene rings is 1. The lowest BCUT2D eigenvalue weighted by Gasteiger charge is -2.22. The number of ether oxygens (including phenoxy) is 1. The average molecular weight is 220 g/mol. The van der Waals surface area contributed by atoms with Crippen LogP contribution in [0.15, 0.2) is 30.3 Å². The van der Waals surface area contributed by atoms with Crippen LogP contribution in [0.1, 0.15) is 18.9 Å². The summed E-state index contributed by atoms with van der Waals surface area (Å²) in [6.45, 7) is 1.62. The molecule has 0 bridgehead atoms. The Hall–Kier alpha value is -1.68. The van der Waals surface area contributed by atoms with E-state index in [0.717, 1.165) is 0 Å². The summed E-state index contributed by atoms with van der Waals surface area (Å²) in [5.41, 5.74) is -0.423. The largest absolute Gasteiger partial charge is 0.479 e. The second-order valence-corrected chi connectivity index (χ2v) is 3.97. The molecule has 4 heteroatoms. The Labute approximate surface area is 92.8 Å². The number of carboxylic acid groups (broad SMARTS) is 1. The predicted molar refractivity (Wildman–Crippen MR) is 55.9 cm³/mol. The maximum absolute atomic E-state index is 11.8. The second kappa shape index (κ2) is 3.72. The number of hydrogen-bond acceptors (Lipinski definition) is 3. The van der Waals surface area contributed by atoms with Crippen LogP contribution < -0.4 is 0 Å². The molecular weight excluding hydrogens is 208 g/mol. The Bertz CT molecular complexity index is 426. The molecule has 0 unspecified atom stereocenters. The lowest BCUT2D eigenvalue weighted by atomic mass is 9.92. The Morgan fingerprint density at radius 3 is 2.56 bits per heavy atom. The van der Waals surface area contributed by atoms with E-state index in [4.69, 9.17) is 9.84 Å². The summed E-state index contributed by atoms with van der Waals surface area (Å²) >= 11 is 0. The maximum atomic E-state index is 11.8. The lowest BCUT2D eigenvalue weighted by Crippen LogP contribution is -2.30. The highest BCUT2D eigenvalue weighted by Crippen LogP contribution is 2.35. The second-order valence-electron chi connectivity index (χ2n) is 3.97. The molecule has 1 saturated heterocycles. The molecule has 1 aliphatic heterocycles. The average Bonchev–Trinajstić information content (AvgIpc) is 2.58. The van der Waals surface area contributed by atoms with Crippen molar-refractivity contribution in [1.29, 1.82) is 0 Å². The molecule has 0 saturated carbocycles. The standard InChI is InChI=1S/C12H12O4/c1-12(8-5-3-2-4-6-8)10(13)7-9(16-12)11(14)15/h2-6,9H,7H2,1H3,(H,14,15)/t9-,12-/m0/s1. The van der Waals surface area contributed by atoms with Gasteiger partial charge in [-0.25, -0.2) is 4.79 Å². The molecule has 16 heavy (non-hydrogen) atoms. The third kappa shape index (κ3) is 1.61. The van der Waals surface area contributed by atoms with Gasteiger partial charge in [-0.1, -0.05) is 30.3 Å². The number of carbonyl (C=O) groups is 2. The normalized spacial score (nSPS) is 29.3. The van der Waals surface area contributed by atoms with Gasteiger partial charge in [0.2, 0.25) is 0 Å². The van der Waals surface area contributed by atoms with Crippen LogP contribution in [0.4, 0.5) is 0 Å². The van der Waals surface area contributed by atoms with E-state index in [1.807, 2.05) is 6.07 Å². The summed E-state index contributed by atoms with van der Waals surface area (Å²) in [5.74, 6) is -1.28. The Kier molecular flexibility index (Phi) is 2.52. The van der Waals surface area contributed by atoms with E-state index in [1.165, 1.54) is 0 Å². The molecule has 2 atom stereocenters. The number of ketones is 1. The van der Waals surface area contributed by atoms with Crippen molar-refractivity contribution < 1.29 is 19.4 Å². The van der Waals surface area contributed by atoms with Crippen molar-refractivity contribution in [2.75, 3.05) is 0 Å². The maximum Gasteiger partial charge on any atom is 0.333 e. The molecular formula is C12H12O4. The molecule has 4 nitrogen and oxygen atoms in total. The van der Waals surface area contributed by atoms with Crippen LogP contribution in [-0.2, 0) is 19.9 Å². The van der Waals surface area contributed by atoms with Crippen molar-refractivity contribution in [2.24, 2.45) is 0 Å². The summed E-state index contributed by atoms with van der Waals surface area (Å²) in [7, 11) is 0. The first-order valence-corrected chi connectivity index (χ1v) is 5.03. The fourth-order valence-corrected chi connectivity index (χ4v) is 1.88. The van der Waals surface area contributed by atoms with Crippen molar-refractivity contribution in [3.05, 3.63) is 35.9 Å². The van der Waals surface area contributed by atoms with Gasteiger partial charge in [-0.15, -0.1) is 0 Å². The van der Waals surface area contributed by atoms with Crippen LogP contribution >= 0.6 is 0 Å². The van der Waals surface area contributed by atoms with Crippen LogP contribution in [0.3, 0.4) is 0 Å². The van der Waals surface area contributed by atoms with Crippen molar-refractivity contribution in [1.82, 2.24) is 0 Å². The number of aliphatic carboxylic acids is 1. The molecule has 1 fully saturated rings. The summed E-state index contributed by atoms with van der Waals surface area (Å²) in [5, 5.41) is 8.83. The van der Waals surface area contributed by atoms with Crippen LogP contribution in [-0.4, -0.2) is 23.0 Å². The third-order valence-corrected chi connectivity index (χ3v) is 2.88. The number of carbonyl (C=O) groups excluding carboxylic acids is 1. The highest BCUT2D eigenvalue weighted by Gasteiger charge is 2.47. The van der Waals surface area contributed by atoms with E-state index in [-0.39, 0.29) is 12.2 Å². The van der Waals surface area contributed by atoms with Gasteiger partial charge >= 0.3 is 5.97 Å². The minimum atomic E-state index is -1.12. The minimum absolute atomic E-state index is 0.0687. The Morgan fingerprint density at radius 1 is 1.44 bits per heavy atom. The van der Waals surface area contributed by atoms with E-state index in [2.05, 4.69) is 0 Å². The molecule has 1 aromatic carbocycles. The summed E-state index contributed by atoms with van der Waals surface area (Å²) in [6, 6.07) is 8.96. The summed E-state index contributed by atoms with van der Waals surface area (Å²) in [6.07, 6.45) is -1.10. The number of rotatable bonds is 2. The zero-order chi connectivity index (χ0) is 11.8. The molecule has 0 aliphatic carbocycles. The van der Waals surface area contributed by atoms with Gasteiger partial charge in [-0.3, -0.25) is 4.79 Å². The van der Waals surface area contributed by atoms with Crippen LogP contribution in [0.2, 0.25) is 0 Å². The molecule has 0 aromatic heterocycles. The molecule has 0 amide bonds. The van der Waals surface area contributed by atoms with E-state index in [9.17, 15) is 9.59 Å². The summed E-state index contributed by atoms with van der Waals surface area (Å²) < 4.78 is 5.36. The quantitative estimate of drug-likeness (QED) is 0.817. The summed E-state index contributed by atoms with van der Waals surface area (Å²) in [4.78, 5) is 22.6. The number of carboxylic acids is 1. The van der Waals surface area contributed by atoms with Crippen LogP contribution in [0, 0.1) is 0 Å². The van der Waals surface area contributed by atoms with Gasteiger partial charge < -0.3 is 9.84 Å². The molecule has 84 valence electrons. The fraction of sp³-hybridized carbons (Fsp3) is 0.333. The minimum Gasteiger partial charge on any atom is -0.479 e. The van der Waals surface area contributed by atoms with Gasteiger partial charge in [0, 0.05) is 6.42 Å². The van der Waals surface area contributed by atoms with Crippen molar-refractivity contribution >= 4 is 11.8 Å². The van der Waals surface area contributed by atoms with Gasteiger partial charge in [0.1, 0.15) is 5.60 Å². The number of Topliss-reactive ketones (excluding diaryl/α,β-unsaturated/α-hetero) is 1. The highest BCUT2D eigenvalue weighted by atomic mass is 16.5. The van der Waals surface area contributed by atoms with Crippen molar-refractivity contribution in [3.63, 3.8) is 0 Å². The first-order valence-electron chi connectivity index (χ1n) is 5.03.